The highest BCUT2D eigenvalue weighted by Gasteiger charge is 2.57. The van der Waals surface area contributed by atoms with Crippen LogP contribution in [0.25, 0.3) is 0 Å². The number of aliphatic carboxylic acids is 1. The van der Waals surface area contributed by atoms with Crippen LogP contribution in [0.4, 0.5) is 17.6 Å². The summed E-state index contributed by atoms with van der Waals surface area (Å²) in [6.07, 6.45) is -4.93. The number of benzene rings is 1. The summed E-state index contributed by atoms with van der Waals surface area (Å²) in [4.78, 5) is 11.7. The molecule has 0 radical (unpaired) electrons. The molecule has 0 aliphatic heterocycles. The number of aliphatic hydroxyl groups is 1. The van der Waals surface area contributed by atoms with Crippen LogP contribution in [0, 0.1) is 11.8 Å². The molecular formula is C21H27BrF4N2O3. The van der Waals surface area contributed by atoms with Crippen LogP contribution in [0.1, 0.15) is 45.1 Å². The monoisotopic (exact) mass is 510 g/mol. The number of nitrogens with two attached hydrogens (primary N) is 1. The number of rotatable bonds is 10. The van der Waals surface area contributed by atoms with Gasteiger partial charge in [-0.1, -0.05) is 34.0 Å². The average Bonchev–Trinajstić information content (AvgIpc) is 2.64. The summed E-state index contributed by atoms with van der Waals surface area (Å²) in [7, 11) is 0. The van der Waals surface area contributed by atoms with Crippen molar-refractivity contribution >= 4 is 21.9 Å². The lowest BCUT2D eigenvalue weighted by Crippen LogP contribution is -2.59. The smallest absolute Gasteiger partial charge is 0.422 e. The minimum atomic E-state index is -5.01. The lowest BCUT2D eigenvalue weighted by molar-refractivity contribution is -0.186. The molecule has 5 N–H and O–H groups in total. The van der Waals surface area contributed by atoms with Crippen molar-refractivity contribution < 1.29 is 32.6 Å². The maximum Gasteiger partial charge on any atom is 0.422 e. The molecule has 0 heterocycles. The molecule has 1 aromatic rings. The molecule has 0 aliphatic carbocycles. The average molecular weight is 511 g/mol. The van der Waals surface area contributed by atoms with Crippen LogP contribution < -0.4 is 11.1 Å². The van der Waals surface area contributed by atoms with E-state index in [2.05, 4.69) is 33.1 Å². The predicted octanol–water partition coefficient (Wildman–Crippen LogP) is 3.88. The Hall–Kier alpha value is -1.67. The summed E-state index contributed by atoms with van der Waals surface area (Å²) in [5, 5.41) is 20.5. The van der Waals surface area contributed by atoms with Gasteiger partial charge >= 0.3 is 12.1 Å². The van der Waals surface area contributed by atoms with Crippen LogP contribution >= 0.6 is 15.9 Å². The number of hydrogen-bond donors (Lipinski definition) is 4. The number of carboxylic acids is 1. The van der Waals surface area contributed by atoms with E-state index in [1.54, 1.807) is 0 Å². The summed E-state index contributed by atoms with van der Waals surface area (Å²) >= 11 is 3.16. The number of carboxylic acid groups (broad SMARTS) is 1. The predicted molar refractivity (Wildman–Crippen MR) is 113 cm³/mol. The maximum absolute atomic E-state index is 14.4. The summed E-state index contributed by atoms with van der Waals surface area (Å²) in [6.45, 7) is 1.94. The van der Waals surface area contributed by atoms with E-state index < -0.39 is 41.9 Å². The molecule has 0 fully saturated rings. The molecule has 2 unspecified atom stereocenters. The van der Waals surface area contributed by atoms with Crippen molar-refractivity contribution in [2.45, 2.75) is 69.0 Å². The lowest BCUT2D eigenvalue weighted by Gasteiger charge is -2.36. The standard InChI is InChI=1S/C21H27BrF4N2O3/c1-19(2,23)12-17(18(30)31)28-20(21(24,25)26,14-7-9-15(22)10-8-14)11-5-3-4-6-16(27)13-29/h7-10,16-17,28-29H,3-4,6,12-13,27H2,1-2H3,(H,30,31)/t16?,17-,20?/m0/s1. The number of halogens is 5. The largest absolute Gasteiger partial charge is 0.480 e. The molecule has 0 bridgehead atoms. The van der Waals surface area contributed by atoms with E-state index in [4.69, 9.17) is 10.8 Å². The first kappa shape index (κ1) is 27.4. The van der Waals surface area contributed by atoms with Crippen LogP contribution in [0.5, 0.6) is 0 Å². The summed E-state index contributed by atoms with van der Waals surface area (Å²) in [5.74, 6) is 3.03. The Morgan fingerprint density at radius 3 is 2.26 bits per heavy atom. The topological polar surface area (TPSA) is 95.6 Å². The SMILES string of the molecule is CC(C)(F)C[C@H](NC(C#CCCCC(N)CO)(c1ccc(Br)cc1)C(F)(F)F)C(=O)O. The zero-order chi connectivity index (χ0) is 23.9. The van der Waals surface area contributed by atoms with Crippen molar-refractivity contribution in [3.05, 3.63) is 34.3 Å². The Labute approximate surface area is 187 Å². The maximum atomic E-state index is 14.4. The van der Waals surface area contributed by atoms with E-state index >= 15 is 0 Å². The Kier molecular flexibility index (Phi) is 9.95. The third-order valence-corrected chi connectivity index (χ3v) is 5.00. The minimum Gasteiger partial charge on any atom is -0.480 e. The van der Waals surface area contributed by atoms with E-state index in [0.29, 0.717) is 17.3 Å². The molecule has 5 nitrogen and oxygen atoms in total. The molecule has 10 heteroatoms. The van der Waals surface area contributed by atoms with Gasteiger partial charge in [0.05, 0.1) is 6.61 Å². The van der Waals surface area contributed by atoms with Crippen LogP contribution in [-0.2, 0) is 10.3 Å². The van der Waals surface area contributed by atoms with Gasteiger partial charge in [0.2, 0.25) is 5.54 Å². The third kappa shape index (κ3) is 8.41. The fourth-order valence-electron chi connectivity index (χ4n) is 2.89. The van der Waals surface area contributed by atoms with Gasteiger partial charge in [-0.05, 0) is 44.4 Å². The van der Waals surface area contributed by atoms with Crippen LogP contribution in [0.15, 0.2) is 28.7 Å². The number of carbonyl (C=O) groups is 1. The molecule has 1 aromatic carbocycles. The van der Waals surface area contributed by atoms with Gasteiger partial charge in [-0.3, -0.25) is 10.1 Å². The van der Waals surface area contributed by atoms with E-state index in [9.17, 15) is 27.5 Å². The van der Waals surface area contributed by atoms with Crippen LogP contribution in [-0.4, -0.2) is 46.7 Å². The first-order chi connectivity index (χ1) is 14.2. The highest BCUT2D eigenvalue weighted by molar-refractivity contribution is 9.10. The molecule has 0 saturated carbocycles. The van der Waals surface area contributed by atoms with Gasteiger partial charge in [-0.25, -0.2) is 4.39 Å². The van der Waals surface area contributed by atoms with E-state index in [1.165, 1.54) is 24.3 Å². The zero-order valence-electron chi connectivity index (χ0n) is 17.3. The fourth-order valence-corrected chi connectivity index (χ4v) is 3.16. The quantitative estimate of drug-likeness (QED) is 0.217. The van der Waals surface area contributed by atoms with Crippen molar-refractivity contribution in [1.82, 2.24) is 5.32 Å². The molecule has 0 aliphatic rings. The van der Waals surface area contributed by atoms with Gasteiger partial charge in [0.1, 0.15) is 11.7 Å². The first-order valence-electron chi connectivity index (χ1n) is 9.60. The highest BCUT2D eigenvalue weighted by atomic mass is 79.9. The van der Waals surface area contributed by atoms with Gasteiger partial charge < -0.3 is 15.9 Å². The molecule has 0 amide bonds. The van der Waals surface area contributed by atoms with E-state index in [0.717, 1.165) is 13.8 Å². The first-order valence-corrected chi connectivity index (χ1v) is 10.4. The Morgan fingerprint density at radius 1 is 1.23 bits per heavy atom. The molecule has 31 heavy (non-hydrogen) atoms. The van der Waals surface area contributed by atoms with Crippen molar-refractivity contribution in [2.75, 3.05) is 6.61 Å². The van der Waals surface area contributed by atoms with Gasteiger partial charge in [0, 0.05) is 23.4 Å². The summed E-state index contributed by atoms with van der Waals surface area (Å²) < 4.78 is 57.8. The van der Waals surface area contributed by atoms with Crippen LogP contribution in [0.2, 0.25) is 0 Å². The Bertz CT molecular complexity index is 785. The number of hydrogen-bond acceptors (Lipinski definition) is 4. The van der Waals surface area contributed by atoms with Gasteiger partial charge in [0.25, 0.3) is 0 Å². The van der Waals surface area contributed by atoms with Gasteiger partial charge in [-0.15, -0.1) is 5.92 Å². The molecule has 0 aromatic heterocycles. The van der Waals surface area contributed by atoms with Crippen molar-refractivity contribution in [3.8, 4) is 11.8 Å². The minimum absolute atomic E-state index is 0.0517. The van der Waals surface area contributed by atoms with Crippen molar-refractivity contribution in [2.24, 2.45) is 5.73 Å². The second-order valence-electron chi connectivity index (χ2n) is 7.85. The van der Waals surface area contributed by atoms with Gasteiger partial charge in [0.15, 0.2) is 0 Å². The third-order valence-electron chi connectivity index (χ3n) is 4.47. The van der Waals surface area contributed by atoms with E-state index in [1.807, 2.05) is 0 Å². The number of nitrogens with one attached hydrogen (secondary N) is 1. The number of aliphatic hydroxyl groups excluding tert-OH is 1. The Morgan fingerprint density at radius 2 is 1.81 bits per heavy atom. The van der Waals surface area contributed by atoms with Crippen molar-refractivity contribution in [3.63, 3.8) is 0 Å². The fraction of sp³-hybridized carbons (Fsp3) is 0.571. The van der Waals surface area contributed by atoms with E-state index in [-0.39, 0.29) is 18.6 Å². The van der Waals surface area contributed by atoms with Crippen LogP contribution in [0.3, 0.4) is 0 Å². The second-order valence-corrected chi connectivity index (χ2v) is 8.76. The second kappa shape index (κ2) is 11.3. The number of unbranched alkanes of at least 4 members (excludes halogenated alkanes) is 1. The van der Waals surface area contributed by atoms with Gasteiger partial charge in [-0.2, -0.15) is 13.2 Å². The molecule has 1 rings (SSSR count). The molecule has 174 valence electrons. The molecule has 3 atom stereocenters. The molecule has 0 saturated heterocycles. The molecule has 0 spiro atoms. The molecular weight excluding hydrogens is 484 g/mol. The Balaban J connectivity index is 3.43. The summed E-state index contributed by atoms with van der Waals surface area (Å²) in [5.41, 5.74) is 0.210. The number of alkyl halides is 4. The normalized spacial score (nSPS) is 16.0. The lowest BCUT2D eigenvalue weighted by atomic mass is 9.87. The van der Waals surface area contributed by atoms with Crippen molar-refractivity contribution in [1.29, 1.82) is 0 Å². The highest BCUT2D eigenvalue weighted by Crippen LogP contribution is 2.40. The zero-order valence-corrected chi connectivity index (χ0v) is 18.9. The summed E-state index contributed by atoms with van der Waals surface area (Å²) in [6, 6.07) is 2.79.